The van der Waals surface area contributed by atoms with Crippen LogP contribution in [-0.4, -0.2) is 25.0 Å². The zero-order valence-corrected chi connectivity index (χ0v) is 11.9. The second-order valence-corrected chi connectivity index (χ2v) is 5.66. The molecule has 1 aromatic rings. The van der Waals surface area contributed by atoms with Crippen LogP contribution in [0.4, 0.5) is 0 Å². The molecule has 2 N–H and O–H groups in total. The van der Waals surface area contributed by atoms with E-state index in [-0.39, 0.29) is 5.91 Å². The molecule has 1 aromatic carbocycles. The summed E-state index contributed by atoms with van der Waals surface area (Å²) in [7, 11) is 0. The van der Waals surface area contributed by atoms with Crippen molar-refractivity contribution in [2.24, 2.45) is 5.92 Å². The van der Waals surface area contributed by atoms with Gasteiger partial charge in [-0.05, 0) is 50.3 Å². The van der Waals surface area contributed by atoms with Gasteiger partial charge in [-0.1, -0.05) is 24.3 Å². The third kappa shape index (κ3) is 4.35. The third-order valence-corrected chi connectivity index (χ3v) is 3.96. The van der Waals surface area contributed by atoms with E-state index in [0.29, 0.717) is 18.4 Å². The standard InChI is InChI=1S/C16H24N2O/c1-12-5-3-4-6-15(12)9-16(19)18-11-14-8-7-13(2)17-10-14/h3-6,13-14,17H,7-11H2,1-2H3,(H,18,19). The van der Waals surface area contributed by atoms with Crippen molar-refractivity contribution in [2.45, 2.75) is 39.2 Å². The first kappa shape index (κ1) is 14.1. The van der Waals surface area contributed by atoms with Crippen molar-refractivity contribution in [1.82, 2.24) is 10.6 Å². The molecule has 0 saturated carbocycles. The van der Waals surface area contributed by atoms with Crippen LogP contribution >= 0.6 is 0 Å². The largest absolute Gasteiger partial charge is 0.355 e. The van der Waals surface area contributed by atoms with Crippen molar-refractivity contribution in [3.8, 4) is 0 Å². The van der Waals surface area contributed by atoms with Crippen molar-refractivity contribution in [3.63, 3.8) is 0 Å². The summed E-state index contributed by atoms with van der Waals surface area (Å²) in [5.74, 6) is 0.713. The maximum absolute atomic E-state index is 11.9. The van der Waals surface area contributed by atoms with Crippen LogP contribution in [0.2, 0.25) is 0 Å². The van der Waals surface area contributed by atoms with Crippen LogP contribution in [0.3, 0.4) is 0 Å². The lowest BCUT2D eigenvalue weighted by Gasteiger charge is -2.27. The highest BCUT2D eigenvalue weighted by molar-refractivity contribution is 5.78. The number of amides is 1. The number of hydrogen-bond acceptors (Lipinski definition) is 2. The summed E-state index contributed by atoms with van der Waals surface area (Å²) in [6.07, 6.45) is 2.90. The smallest absolute Gasteiger partial charge is 0.224 e. The van der Waals surface area contributed by atoms with Crippen LogP contribution in [0.15, 0.2) is 24.3 Å². The Morgan fingerprint density at radius 1 is 1.37 bits per heavy atom. The molecule has 0 radical (unpaired) electrons. The summed E-state index contributed by atoms with van der Waals surface area (Å²) in [6, 6.07) is 8.69. The van der Waals surface area contributed by atoms with Crippen molar-refractivity contribution in [2.75, 3.05) is 13.1 Å². The molecule has 1 aliphatic heterocycles. The molecule has 3 nitrogen and oxygen atoms in total. The van der Waals surface area contributed by atoms with Gasteiger partial charge >= 0.3 is 0 Å². The fourth-order valence-corrected chi connectivity index (χ4v) is 2.53. The Balaban J connectivity index is 1.74. The summed E-state index contributed by atoms with van der Waals surface area (Å²) in [4.78, 5) is 11.9. The Morgan fingerprint density at radius 2 is 2.16 bits per heavy atom. The zero-order valence-electron chi connectivity index (χ0n) is 11.9. The quantitative estimate of drug-likeness (QED) is 0.870. The highest BCUT2D eigenvalue weighted by Crippen LogP contribution is 2.13. The van der Waals surface area contributed by atoms with Crippen molar-refractivity contribution >= 4 is 5.91 Å². The minimum absolute atomic E-state index is 0.132. The van der Waals surface area contributed by atoms with E-state index >= 15 is 0 Å². The molecule has 2 atom stereocenters. The molecule has 0 aliphatic carbocycles. The van der Waals surface area contributed by atoms with Crippen LogP contribution in [0.1, 0.15) is 30.9 Å². The van der Waals surface area contributed by atoms with Crippen LogP contribution in [0.5, 0.6) is 0 Å². The van der Waals surface area contributed by atoms with E-state index in [1.807, 2.05) is 18.2 Å². The van der Waals surface area contributed by atoms with Crippen molar-refractivity contribution in [1.29, 1.82) is 0 Å². The van der Waals surface area contributed by atoms with Crippen LogP contribution in [-0.2, 0) is 11.2 Å². The summed E-state index contributed by atoms with van der Waals surface area (Å²) < 4.78 is 0. The fourth-order valence-electron chi connectivity index (χ4n) is 2.53. The minimum atomic E-state index is 0.132. The van der Waals surface area contributed by atoms with Crippen LogP contribution in [0, 0.1) is 12.8 Å². The lowest BCUT2D eigenvalue weighted by Crippen LogP contribution is -2.42. The Kier molecular flexibility index (Phi) is 4.97. The van der Waals surface area contributed by atoms with Gasteiger partial charge in [-0.3, -0.25) is 4.79 Å². The van der Waals surface area contributed by atoms with Crippen molar-refractivity contribution < 1.29 is 4.79 Å². The molecule has 2 unspecified atom stereocenters. The Hall–Kier alpha value is -1.35. The number of carbonyl (C=O) groups excluding carboxylic acids is 1. The van der Waals surface area contributed by atoms with Crippen LogP contribution < -0.4 is 10.6 Å². The highest BCUT2D eigenvalue weighted by atomic mass is 16.1. The van der Waals surface area contributed by atoms with Crippen LogP contribution in [0.25, 0.3) is 0 Å². The van der Waals surface area contributed by atoms with Gasteiger partial charge in [0.2, 0.25) is 5.91 Å². The van der Waals surface area contributed by atoms with Gasteiger partial charge in [-0.2, -0.15) is 0 Å². The maximum atomic E-state index is 11.9. The number of rotatable bonds is 4. The van der Waals surface area contributed by atoms with Gasteiger partial charge < -0.3 is 10.6 Å². The van der Waals surface area contributed by atoms with Gasteiger partial charge in [0.05, 0.1) is 6.42 Å². The topological polar surface area (TPSA) is 41.1 Å². The molecule has 1 aliphatic rings. The third-order valence-electron chi connectivity index (χ3n) is 3.96. The molecule has 1 saturated heterocycles. The van der Waals surface area contributed by atoms with E-state index in [0.717, 1.165) is 18.7 Å². The summed E-state index contributed by atoms with van der Waals surface area (Å²) in [5, 5.41) is 6.53. The van der Waals surface area contributed by atoms with Gasteiger partial charge in [0.25, 0.3) is 0 Å². The van der Waals surface area contributed by atoms with E-state index in [4.69, 9.17) is 0 Å². The lowest BCUT2D eigenvalue weighted by atomic mass is 9.95. The highest BCUT2D eigenvalue weighted by Gasteiger charge is 2.17. The van der Waals surface area contributed by atoms with Gasteiger partial charge in [0, 0.05) is 12.6 Å². The van der Waals surface area contributed by atoms with Gasteiger partial charge in [-0.15, -0.1) is 0 Å². The average Bonchev–Trinajstić information content (AvgIpc) is 2.41. The van der Waals surface area contributed by atoms with Gasteiger partial charge in [0.15, 0.2) is 0 Å². The number of hydrogen-bond donors (Lipinski definition) is 2. The van der Waals surface area contributed by atoms with E-state index in [9.17, 15) is 4.79 Å². The molecule has 2 rings (SSSR count). The lowest BCUT2D eigenvalue weighted by molar-refractivity contribution is -0.120. The molecular formula is C16H24N2O. The predicted octanol–water partition coefficient (Wildman–Crippen LogP) is 2.04. The maximum Gasteiger partial charge on any atom is 0.224 e. The van der Waals surface area contributed by atoms with E-state index in [1.54, 1.807) is 0 Å². The molecule has 1 fully saturated rings. The minimum Gasteiger partial charge on any atom is -0.355 e. The first-order chi connectivity index (χ1) is 9.15. The Morgan fingerprint density at radius 3 is 2.84 bits per heavy atom. The monoisotopic (exact) mass is 260 g/mol. The zero-order chi connectivity index (χ0) is 13.7. The molecule has 3 heteroatoms. The molecule has 104 valence electrons. The summed E-state index contributed by atoms with van der Waals surface area (Å²) >= 11 is 0. The molecular weight excluding hydrogens is 236 g/mol. The Bertz CT molecular complexity index is 423. The molecule has 0 spiro atoms. The summed E-state index contributed by atoms with van der Waals surface area (Å²) in [6.45, 7) is 6.08. The van der Waals surface area contributed by atoms with E-state index < -0.39 is 0 Å². The fraction of sp³-hybridized carbons (Fsp3) is 0.562. The molecule has 1 heterocycles. The predicted molar refractivity (Wildman–Crippen MR) is 78.1 cm³/mol. The molecule has 0 bridgehead atoms. The first-order valence-corrected chi connectivity index (χ1v) is 7.19. The number of benzene rings is 1. The van der Waals surface area contributed by atoms with E-state index in [1.165, 1.54) is 18.4 Å². The SMILES string of the molecule is Cc1ccccc1CC(=O)NCC1CCC(C)NC1. The van der Waals surface area contributed by atoms with E-state index in [2.05, 4.69) is 30.5 Å². The van der Waals surface area contributed by atoms with Gasteiger partial charge in [0.1, 0.15) is 0 Å². The van der Waals surface area contributed by atoms with Crippen molar-refractivity contribution in [3.05, 3.63) is 35.4 Å². The number of nitrogens with one attached hydrogen (secondary N) is 2. The number of aryl methyl sites for hydroxylation is 1. The van der Waals surface area contributed by atoms with Gasteiger partial charge in [-0.25, -0.2) is 0 Å². The second-order valence-electron chi connectivity index (χ2n) is 5.66. The summed E-state index contributed by atoms with van der Waals surface area (Å²) in [5.41, 5.74) is 2.31. The first-order valence-electron chi connectivity index (χ1n) is 7.19. The number of piperidine rings is 1. The normalized spacial score (nSPS) is 23.1. The number of carbonyl (C=O) groups is 1. The second kappa shape index (κ2) is 6.71. The average molecular weight is 260 g/mol. The Labute approximate surface area is 115 Å². The molecule has 19 heavy (non-hydrogen) atoms. The molecule has 1 amide bonds. The molecule has 0 aromatic heterocycles.